The summed E-state index contributed by atoms with van der Waals surface area (Å²) in [7, 11) is 0. The molecule has 2 N–H and O–H groups in total. The Kier molecular flexibility index (Phi) is 4.70. The maximum atomic E-state index is 11.5. The Labute approximate surface area is 109 Å². The van der Waals surface area contributed by atoms with Crippen LogP contribution < -0.4 is 10.6 Å². The van der Waals surface area contributed by atoms with E-state index in [-0.39, 0.29) is 23.9 Å². The standard InChI is InChI=1S/C14H23N3O/c1-10(2)17-13(18)9-16-12-7-6-11(8-15-12)14(3,4)5/h6-8,10H,9H2,1-5H3,(H,15,16)(H,17,18). The molecule has 18 heavy (non-hydrogen) atoms. The second kappa shape index (κ2) is 5.85. The Morgan fingerprint density at radius 2 is 2.00 bits per heavy atom. The molecule has 0 bridgehead atoms. The Hall–Kier alpha value is -1.58. The zero-order valence-electron chi connectivity index (χ0n) is 11.9. The topological polar surface area (TPSA) is 54.0 Å². The van der Waals surface area contributed by atoms with Crippen molar-refractivity contribution < 1.29 is 4.79 Å². The normalized spacial score (nSPS) is 11.4. The first-order valence-electron chi connectivity index (χ1n) is 6.29. The molecule has 0 radical (unpaired) electrons. The van der Waals surface area contributed by atoms with E-state index in [1.807, 2.05) is 32.2 Å². The van der Waals surface area contributed by atoms with Gasteiger partial charge in [0.1, 0.15) is 5.82 Å². The molecule has 4 nitrogen and oxygen atoms in total. The van der Waals surface area contributed by atoms with Crippen molar-refractivity contribution in [3.05, 3.63) is 23.9 Å². The minimum atomic E-state index is -0.0216. The fraction of sp³-hybridized carbons (Fsp3) is 0.571. The Morgan fingerprint density at radius 1 is 1.33 bits per heavy atom. The van der Waals surface area contributed by atoms with Crippen LogP contribution in [0.15, 0.2) is 18.3 Å². The summed E-state index contributed by atoms with van der Waals surface area (Å²) in [5.41, 5.74) is 1.28. The van der Waals surface area contributed by atoms with E-state index in [9.17, 15) is 4.79 Å². The largest absolute Gasteiger partial charge is 0.361 e. The van der Waals surface area contributed by atoms with Gasteiger partial charge >= 0.3 is 0 Å². The Morgan fingerprint density at radius 3 is 2.44 bits per heavy atom. The minimum absolute atomic E-state index is 0.0216. The summed E-state index contributed by atoms with van der Waals surface area (Å²) in [6, 6.07) is 4.11. The first kappa shape index (κ1) is 14.5. The van der Waals surface area contributed by atoms with Crippen LogP contribution in [-0.2, 0) is 10.2 Å². The molecule has 0 unspecified atom stereocenters. The molecule has 1 heterocycles. The fourth-order valence-electron chi connectivity index (χ4n) is 1.49. The van der Waals surface area contributed by atoms with E-state index in [0.29, 0.717) is 0 Å². The SMILES string of the molecule is CC(C)NC(=O)CNc1ccc(C(C)(C)C)cn1. The van der Waals surface area contributed by atoms with Gasteiger partial charge in [-0.3, -0.25) is 4.79 Å². The number of rotatable bonds is 4. The molecule has 0 aliphatic rings. The molecule has 0 aliphatic heterocycles. The van der Waals surface area contributed by atoms with Crippen LogP contribution in [0.2, 0.25) is 0 Å². The summed E-state index contributed by atoms with van der Waals surface area (Å²) in [5.74, 6) is 0.702. The zero-order chi connectivity index (χ0) is 13.8. The van der Waals surface area contributed by atoms with Gasteiger partial charge in [-0.2, -0.15) is 0 Å². The average Bonchev–Trinajstić information content (AvgIpc) is 2.25. The van der Waals surface area contributed by atoms with Gasteiger partial charge in [-0.25, -0.2) is 4.98 Å². The number of aromatic nitrogens is 1. The number of anilines is 1. The number of nitrogens with one attached hydrogen (secondary N) is 2. The lowest BCUT2D eigenvalue weighted by atomic mass is 9.88. The van der Waals surface area contributed by atoms with Crippen molar-refractivity contribution in [2.45, 2.75) is 46.1 Å². The maximum Gasteiger partial charge on any atom is 0.239 e. The summed E-state index contributed by atoms with van der Waals surface area (Å²) < 4.78 is 0. The molecule has 100 valence electrons. The number of carbonyl (C=O) groups excluding carboxylic acids is 1. The van der Waals surface area contributed by atoms with Crippen LogP contribution in [-0.4, -0.2) is 23.5 Å². The number of pyridine rings is 1. The van der Waals surface area contributed by atoms with E-state index in [1.54, 1.807) is 0 Å². The predicted molar refractivity (Wildman–Crippen MR) is 74.7 cm³/mol. The van der Waals surface area contributed by atoms with Crippen LogP contribution in [0.25, 0.3) is 0 Å². The number of nitrogens with zero attached hydrogens (tertiary/aromatic N) is 1. The van der Waals surface area contributed by atoms with E-state index < -0.39 is 0 Å². The minimum Gasteiger partial charge on any atom is -0.361 e. The molecule has 1 rings (SSSR count). The maximum absolute atomic E-state index is 11.5. The van der Waals surface area contributed by atoms with Gasteiger partial charge in [-0.1, -0.05) is 26.8 Å². The molecule has 0 spiro atoms. The fourth-order valence-corrected chi connectivity index (χ4v) is 1.49. The van der Waals surface area contributed by atoms with Crippen molar-refractivity contribution in [1.29, 1.82) is 0 Å². The molecular weight excluding hydrogens is 226 g/mol. The van der Waals surface area contributed by atoms with Gasteiger partial charge in [-0.15, -0.1) is 0 Å². The summed E-state index contributed by atoms with van der Waals surface area (Å²) in [6.45, 7) is 10.6. The van der Waals surface area contributed by atoms with Crippen LogP contribution >= 0.6 is 0 Å². The van der Waals surface area contributed by atoms with Gasteiger partial charge < -0.3 is 10.6 Å². The number of amides is 1. The average molecular weight is 249 g/mol. The smallest absolute Gasteiger partial charge is 0.239 e. The number of carbonyl (C=O) groups is 1. The second-order valence-corrected chi connectivity index (χ2v) is 5.76. The molecule has 1 amide bonds. The van der Waals surface area contributed by atoms with Gasteiger partial charge in [0.15, 0.2) is 0 Å². The molecule has 0 atom stereocenters. The number of hydrogen-bond acceptors (Lipinski definition) is 3. The van der Waals surface area contributed by atoms with E-state index in [1.165, 1.54) is 5.56 Å². The van der Waals surface area contributed by atoms with Crippen molar-refractivity contribution in [2.75, 3.05) is 11.9 Å². The van der Waals surface area contributed by atoms with Crippen LogP contribution in [0.3, 0.4) is 0 Å². The lowest BCUT2D eigenvalue weighted by Gasteiger charge is -2.18. The molecule has 4 heteroatoms. The van der Waals surface area contributed by atoms with Gasteiger partial charge in [0, 0.05) is 12.2 Å². The van der Waals surface area contributed by atoms with Crippen LogP contribution in [0.4, 0.5) is 5.82 Å². The Bertz CT molecular complexity index is 390. The molecule has 0 saturated heterocycles. The van der Waals surface area contributed by atoms with Crippen LogP contribution in [0, 0.1) is 0 Å². The van der Waals surface area contributed by atoms with Crippen molar-refractivity contribution in [3.8, 4) is 0 Å². The van der Waals surface area contributed by atoms with Gasteiger partial charge in [0.2, 0.25) is 5.91 Å². The summed E-state index contributed by atoms with van der Waals surface area (Å²) in [5, 5.41) is 5.82. The van der Waals surface area contributed by atoms with Gasteiger partial charge in [-0.05, 0) is 30.9 Å². The van der Waals surface area contributed by atoms with Crippen molar-refractivity contribution >= 4 is 11.7 Å². The molecule has 0 aliphatic carbocycles. The molecular formula is C14H23N3O. The van der Waals surface area contributed by atoms with Gasteiger partial charge in [0.05, 0.1) is 6.54 Å². The zero-order valence-corrected chi connectivity index (χ0v) is 11.9. The predicted octanol–water partition coefficient (Wildman–Crippen LogP) is 2.32. The molecule has 1 aromatic heterocycles. The highest BCUT2D eigenvalue weighted by Crippen LogP contribution is 2.21. The monoisotopic (exact) mass is 249 g/mol. The lowest BCUT2D eigenvalue weighted by molar-refractivity contribution is -0.119. The van der Waals surface area contributed by atoms with E-state index in [0.717, 1.165) is 5.82 Å². The molecule has 0 fully saturated rings. The summed E-state index contributed by atoms with van der Waals surface area (Å²) in [6.07, 6.45) is 1.85. The van der Waals surface area contributed by atoms with E-state index >= 15 is 0 Å². The third-order valence-corrected chi connectivity index (χ3v) is 2.51. The highest BCUT2D eigenvalue weighted by Gasteiger charge is 2.13. The quantitative estimate of drug-likeness (QED) is 0.861. The first-order valence-corrected chi connectivity index (χ1v) is 6.29. The molecule has 1 aromatic rings. The second-order valence-electron chi connectivity index (χ2n) is 5.76. The third kappa shape index (κ3) is 4.73. The van der Waals surface area contributed by atoms with Crippen molar-refractivity contribution in [3.63, 3.8) is 0 Å². The highest BCUT2D eigenvalue weighted by molar-refractivity contribution is 5.80. The van der Waals surface area contributed by atoms with Crippen LogP contribution in [0.5, 0.6) is 0 Å². The third-order valence-electron chi connectivity index (χ3n) is 2.51. The van der Waals surface area contributed by atoms with Crippen LogP contribution in [0.1, 0.15) is 40.2 Å². The summed E-state index contributed by atoms with van der Waals surface area (Å²) >= 11 is 0. The van der Waals surface area contributed by atoms with E-state index in [4.69, 9.17) is 0 Å². The molecule has 0 aromatic carbocycles. The lowest BCUT2D eigenvalue weighted by Crippen LogP contribution is -2.34. The molecule has 0 saturated carbocycles. The van der Waals surface area contributed by atoms with Gasteiger partial charge in [0.25, 0.3) is 0 Å². The number of hydrogen-bond donors (Lipinski definition) is 2. The van der Waals surface area contributed by atoms with Crippen molar-refractivity contribution in [1.82, 2.24) is 10.3 Å². The van der Waals surface area contributed by atoms with E-state index in [2.05, 4.69) is 36.4 Å². The summed E-state index contributed by atoms with van der Waals surface area (Å²) in [4.78, 5) is 15.8. The first-order chi connectivity index (χ1) is 8.29. The highest BCUT2D eigenvalue weighted by atomic mass is 16.1. The van der Waals surface area contributed by atoms with Crippen molar-refractivity contribution in [2.24, 2.45) is 0 Å². The Balaban J connectivity index is 2.52.